The van der Waals surface area contributed by atoms with Crippen molar-refractivity contribution in [3.05, 3.63) is 40.5 Å². The molecule has 1 amide bonds. The van der Waals surface area contributed by atoms with Gasteiger partial charge in [0.25, 0.3) is 0 Å². The number of hydrogen-bond acceptors (Lipinski definition) is 5. The summed E-state index contributed by atoms with van der Waals surface area (Å²) in [6.45, 7) is 6.08. The zero-order chi connectivity index (χ0) is 16.2. The van der Waals surface area contributed by atoms with Crippen LogP contribution >= 0.6 is 27.7 Å². The van der Waals surface area contributed by atoms with Crippen molar-refractivity contribution in [3.63, 3.8) is 0 Å². The molecule has 1 aromatic heterocycles. The second-order valence-corrected chi connectivity index (χ2v) is 7.71. The van der Waals surface area contributed by atoms with Crippen LogP contribution in [0.15, 0.2) is 33.3 Å². The van der Waals surface area contributed by atoms with E-state index in [0.29, 0.717) is 23.2 Å². The van der Waals surface area contributed by atoms with Crippen LogP contribution in [0.25, 0.3) is 0 Å². The Balaban J connectivity index is 1.77. The molecule has 0 saturated heterocycles. The van der Waals surface area contributed by atoms with Gasteiger partial charge in [0.15, 0.2) is 5.82 Å². The molecule has 0 aliphatic carbocycles. The van der Waals surface area contributed by atoms with Gasteiger partial charge in [-0.1, -0.05) is 41.9 Å². The Bertz CT molecular complexity index is 635. The maximum absolute atomic E-state index is 11.8. The molecule has 7 heteroatoms. The highest BCUT2D eigenvalue weighted by Gasteiger charge is 2.20. The smallest absolute Gasteiger partial charge is 0.236 e. The average molecular weight is 384 g/mol. The highest BCUT2D eigenvalue weighted by molar-refractivity contribution is 9.10. The normalized spacial score (nSPS) is 11.5. The molecule has 1 N–H and O–H groups in total. The maximum atomic E-state index is 11.8. The van der Waals surface area contributed by atoms with Crippen molar-refractivity contribution in [3.8, 4) is 0 Å². The molecule has 0 aliphatic heterocycles. The maximum Gasteiger partial charge on any atom is 0.236 e. The minimum atomic E-state index is -0.134. The van der Waals surface area contributed by atoms with Gasteiger partial charge in [0.1, 0.15) is 0 Å². The molecule has 22 heavy (non-hydrogen) atoms. The van der Waals surface area contributed by atoms with Crippen LogP contribution in [0.1, 0.15) is 32.5 Å². The van der Waals surface area contributed by atoms with E-state index in [0.717, 1.165) is 10.2 Å². The van der Waals surface area contributed by atoms with Crippen LogP contribution in [-0.4, -0.2) is 21.8 Å². The lowest BCUT2D eigenvalue weighted by atomic mass is 9.96. The van der Waals surface area contributed by atoms with E-state index in [1.165, 1.54) is 11.8 Å². The minimum Gasteiger partial charge on any atom is -0.338 e. The number of nitrogens with one attached hydrogen (secondary N) is 1. The lowest BCUT2D eigenvalue weighted by Gasteiger charge is -2.10. The van der Waals surface area contributed by atoms with Crippen LogP contribution < -0.4 is 5.32 Å². The van der Waals surface area contributed by atoms with Crippen molar-refractivity contribution in [2.24, 2.45) is 0 Å². The molecule has 0 radical (unpaired) electrons. The van der Waals surface area contributed by atoms with Gasteiger partial charge in [-0.2, -0.15) is 4.98 Å². The monoisotopic (exact) mass is 383 g/mol. The molecule has 118 valence electrons. The molecule has 1 aromatic carbocycles. The van der Waals surface area contributed by atoms with Gasteiger partial charge in [0.2, 0.25) is 11.8 Å². The van der Waals surface area contributed by atoms with E-state index in [1.807, 2.05) is 45.0 Å². The zero-order valence-corrected chi connectivity index (χ0v) is 15.1. The first-order valence-corrected chi connectivity index (χ1v) is 8.75. The Morgan fingerprint density at radius 2 is 2.00 bits per heavy atom. The Morgan fingerprint density at radius 1 is 1.32 bits per heavy atom. The highest BCUT2D eigenvalue weighted by Crippen LogP contribution is 2.20. The van der Waals surface area contributed by atoms with Gasteiger partial charge in [0, 0.05) is 15.6 Å². The highest BCUT2D eigenvalue weighted by atomic mass is 79.9. The number of thioether (sulfide) groups is 1. The fourth-order valence-corrected chi connectivity index (χ4v) is 2.50. The van der Waals surface area contributed by atoms with Crippen LogP contribution in [-0.2, 0) is 16.0 Å². The summed E-state index contributed by atoms with van der Waals surface area (Å²) in [6.07, 6.45) is 0. The topological polar surface area (TPSA) is 68.0 Å². The van der Waals surface area contributed by atoms with Gasteiger partial charge >= 0.3 is 0 Å². The number of halogens is 1. The van der Waals surface area contributed by atoms with E-state index < -0.39 is 0 Å². The third-order valence-electron chi connectivity index (χ3n) is 2.73. The summed E-state index contributed by atoms with van der Waals surface area (Å²) in [5.74, 6) is 2.04. The van der Waals surface area contributed by atoms with E-state index in [-0.39, 0.29) is 11.3 Å². The lowest BCUT2D eigenvalue weighted by Crippen LogP contribution is -2.14. The number of hydrogen-bond donors (Lipinski definition) is 1. The van der Waals surface area contributed by atoms with E-state index in [2.05, 4.69) is 31.4 Å². The molecule has 0 saturated carbocycles. The van der Waals surface area contributed by atoms with Gasteiger partial charge in [-0.25, -0.2) is 0 Å². The average Bonchev–Trinajstić information content (AvgIpc) is 2.90. The molecule has 0 bridgehead atoms. The number of rotatable bonds is 5. The quantitative estimate of drug-likeness (QED) is 0.844. The van der Waals surface area contributed by atoms with Gasteiger partial charge in [-0.05, 0) is 24.3 Å². The number of anilines is 1. The van der Waals surface area contributed by atoms with Crippen LogP contribution in [0.4, 0.5) is 5.69 Å². The van der Waals surface area contributed by atoms with Crippen LogP contribution in [0.5, 0.6) is 0 Å². The first kappa shape index (κ1) is 17.0. The minimum absolute atomic E-state index is 0.0529. The fraction of sp³-hybridized carbons (Fsp3) is 0.400. The first-order chi connectivity index (χ1) is 10.3. The molecule has 2 aromatic rings. The number of amides is 1. The molecule has 0 unspecified atom stereocenters. The molecular weight excluding hydrogens is 366 g/mol. The second kappa shape index (κ2) is 7.28. The van der Waals surface area contributed by atoms with Crippen molar-refractivity contribution < 1.29 is 9.32 Å². The standard InChI is InChI=1S/C15H18BrN3O2S/c1-15(2,3)14-18-13(21-19-14)9-22-8-12(20)17-11-6-4-10(16)5-7-11/h4-7H,8-9H2,1-3H3,(H,17,20). The van der Waals surface area contributed by atoms with E-state index >= 15 is 0 Å². The lowest BCUT2D eigenvalue weighted by molar-refractivity contribution is -0.113. The number of benzene rings is 1. The molecule has 1 heterocycles. The van der Waals surface area contributed by atoms with E-state index in [1.54, 1.807) is 0 Å². The summed E-state index contributed by atoms with van der Waals surface area (Å²) >= 11 is 4.80. The second-order valence-electron chi connectivity index (χ2n) is 5.81. The Labute approximate surface area is 142 Å². The fourth-order valence-electron chi connectivity index (χ4n) is 1.58. The van der Waals surface area contributed by atoms with E-state index in [4.69, 9.17) is 4.52 Å². The molecule has 0 aliphatic rings. The number of nitrogens with zero attached hydrogens (tertiary/aromatic N) is 2. The zero-order valence-electron chi connectivity index (χ0n) is 12.7. The molecule has 0 atom stereocenters. The van der Waals surface area contributed by atoms with Crippen LogP contribution in [0.3, 0.4) is 0 Å². The molecular formula is C15H18BrN3O2S. The van der Waals surface area contributed by atoms with Crippen molar-refractivity contribution in [1.82, 2.24) is 10.1 Å². The van der Waals surface area contributed by atoms with Gasteiger partial charge in [0.05, 0.1) is 11.5 Å². The molecule has 0 fully saturated rings. The van der Waals surface area contributed by atoms with Crippen LogP contribution in [0.2, 0.25) is 0 Å². The molecule has 2 rings (SSSR count). The number of carbonyl (C=O) groups excluding carboxylic acids is 1. The van der Waals surface area contributed by atoms with Gasteiger partial charge in [-0.3, -0.25) is 4.79 Å². The third kappa shape index (κ3) is 5.14. The summed E-state index contributed by atoms with van der Waals surface area (Å²) in [5, 5.41) is 6.79. The summed E-state index contributed by atoms with van der Waals surface area (Å²) in [7, 11) is 0. The van der Waals surface area contributed by atoms with Crippen molar-refractivity contribution >= 4 is 39.3 Å². The van der Waals surface area contributed by atoms with Crippen molar-refractivity contribution in [2.45, 2.75) is 31.9 Å². The van der Waals surface area contributed by atoms with Crippen LogP contribution in [0, 0.1) is 0 Å². The number of aromatic nitrogens is 2. The van der Waals surface area contributed by atoms with Crippen molar-refractivity contribution in [1.29, 1.82) is 0 Å². The van der Waals surface area contributed by atoms with Gasteiger partial charge < -0.3 is 9.84 Å². The molecule has 5 nitrogen and oxygen atoms in total. The predicted octanol–water partition coefficient (Wildman–Crippen LogP) is 4.00. The number of carbonyl (C=O) groups is 1. The summed E-state index contributed by atoms with van der Waals surface area (Å²) in [4.78, 5) is 16.2. The Kier molecular flexibility index (Phi) is 5.63. The summed E-state index contributed by atoms with van der Waals surface area (Å²) in [6, 6.07) is 7.46. The SMILES string of the molecule is CC(C)(C)c1noc(CSCC(=O)Nc2ccc(Br)cc2)n1. The predicted molar refractivity (Wildman–Crippen MR) is 91.9 cm³/mol. The Morgan fingerprint density at radius 3 is 2.59 bits per heavy atom. The van der Waals surface area contributed by atoms with Crippen molar-refractivity contribution in [2.75, 3.05) is 11.1 Å². The largest absolute Gasteiger partial charge is 0.338 e. The summed E-state index contributed by atoms with van der Waals surface area (Å²) < 4.78 is 6.16. The van der Waals surface area contributed by atoms with E-state index in [9.17, 15) is 4.79 Å². The first-order valence-electron chi connectivity index (χ1n) is 6.81. The Hall–Kier alpha value is -1.34. The third-order valence-corrected chi connectivity index (χ3v) is 4.17. The van der Waals surface area contributed by atoms with Gasteiger partial charge in [-0.15, -0.1) is 11.8 Å². The molecule has 0 spiro atoms. The summed E-state index contributed by atoms with van der Waals surface area (Å²) in [5.41, 5.74) is 0.646.